The first kappa shape index (κ1) is 13.6. The van der Waals surface area contributed by atoms with Gasteiger partial charge in [0, 0.05) is 27.6 Å². The van der Waals surface area contributed by atoms with E-state index >= 15 is 0 Å². The number of nitriles is 1. The van der Waals surface area contributed by atoms with Gasteiger partial charge >= 0.3 is 0 Å². The molecule has 0 aliphatic rings. The van der Waals surface area contributed by atoms with Gasteiger partial charge in [0.15, 0.2) is 0 Å². The molecule has 0 aliphatic carbocycles. The monoisotopic (exact) mass is 319 g/mol. The molecular formula is C18H10ClN3O. The smallest absolute Gasteiger partial charge is 0.249 e. The molecule has 0 amide bonds. The molecule has 0 bridgehead atoms. The van der Waals surface area contributed by atoms with Crippen molar-refractivity contribution in [3.8, 4) is 17.2 Å². The number of hydrogen-bond acceptors (Lipinski definition) is 2. The quantitative estimate of drug-likeness (QED) is 0.552. The molecule has 2 N–H and O–H groups in total. The van der Waals surface area contributed by atoms with Crippen molar-refractivity contribution in [2.75, 3.05) is 0 Å². The number of hydrogen-bond donors (Lipinski definition) is 2. The molecule has 2 aromatic carbocycles. The first-order valence-electron chi connectivity index (χ1n) is 7.00. The van der Waals surface area contributed by atoms with Gasteiger partial charge in [0.25, 0.3) is 0 Å². The maximum atomic E-state index is 12.1. The number of aromatic nitrogens is 2. The molecular weight excluding hydrogens is 310 g/mol. The normalized spacial score (nSPS) is 11.0. The maximum absolute atomic E-state index is 12.1. The van der Waals surface area contributed by atoms with Crippen LogP contribution < -0.4 is 5.56 Å². The largest absolute Gasteiger partial charge is 0.353 e. The van der Waals surface area contributed by atoms with E-state index in [1.54, 1.807) is 24.3 Å². The van der Waals surface area contributed by atoms with Crippen LogP contribution in [-0.2, 0) is 0 Å². The highest BCUT2D eigenvalue weighted by molar-refractivity contribution is 6.31. The van der Waals surface area contributed by atoms with Crippen LogP contribution in [0.25, 0.3) is 33.1 Å². The molecule has 4 aromatic rings. The van der Waals surface area contributed by atoms with Crippen molar-refractivity contribution in [1.82, 2.24) is 9.97 Å². The van der Waals surface area contributed by atoms with Crippen molar-refractivity contribution in [2.24, 2.45) is 0 Å². The van der Waals surface area contributed by atoms with Gasteiger partial charge in [-0.1, -0.05) is 23.7 Å². The van der Waals surface area contributed by atoms with E-state index in [2.05, 4.69) is 16.0 Å². The standard InChI is InChI=1S/C18H10ClN3O/c19-12-4-5-15-14(7-12)18-17(21-15)13(8-16(23)22-18)11-3-1-2-10(6-11)9-20/h1-8,21H,(H,22,23). The third-order valence-electron chi connectivity index (χ3n) is 3.86. The van der Waals surface area contributed by atoms with Gasteiger partial charge in [0.2, 0.25) is 5.56 Å². The Kier molecular flexibility index (Phi) is 2.97. The fourth-order valence-electron chi connectivity index (χ4n) is 2.84. The van der Waals surface area contributed by atoms with E-state index in [-0.39, 0.29) is 5.56 Å². The lowest BCUT2D eigenvalue weighted by molar-refractivity contribution is 1.31. The van der Waals surface area contributed by atoms with Crippen LogP contribution in [0.4, 0.5) is 0 Å². The Morgan fingerprint density at radius 3 is 2.70 bits per heavy atom. The third kappa shape index (κ3) is 2.19. The zero-order chi connectivity index (χ0) is 16.0. The number of pyridine rings is 1. The lowest BCUT2D eigenvalue weighted by Gasteiger charge is -2.03. The zero-order valence-electron chi connectivity index (χ0n) is 11.9. The first-order valence-corrected chi connectivity index (χ1v) is 7.38. The number of H-pyrrole nitrogens is 2. The second-order valence-electron chi connectivity index (χ2n) is 5.30. The van der Waals surface area contributed by atoms with Crippen molar-refractivity contribution in [3.63, 3.8) is 0 Å². The highest BCUT2D eigenvalue weighted by atomic mass is 35.5. The summed E-state index contributed by atoms with van der Waals surface area (Å²) in [5, 5.41) is 10.6. The van der Waals surface area contributed by atoms with Gasteiger partial charge in [0.05, 0.1) is 22.7 Å². The second-order valence-corrected chi connectivity index (χ2v) is 5.74. The van der Waals surface area contributed by atoms with Gasteiger partial charge in [-0.2, -0.15) is 5.26 Å². The van der Waals surface area contributed by atoms with Crippen molar-refractivity contribution >= 4 is 33.5 Å². The number of halogens is 1. The molecule has 0 atom stereocenters. The summed E-state index contributed by atoms with van der Waals surface area (Å²) >= 11 is 6.07. The predicted molar refractivity (Wildman–Crippen MR) is 91.6 cm³/mol. The number of aromatic amines is 2. The highest BCUT2D eigenvalue weighted by Crippen LogP contribution is 2.32. The van der Waals surface area contributed by atoms with Crippen LogP contribution in [-0.4, -0.2) is 9.97 Å². The second kappa shape index (κ2) is 5.01. The molecule has 0 unspecified atom stereocenters. The van der Waals surface area contributed by atoms with E-state index in [1.165, 1.54) is 6.07 Å². The zero-order valence-corrected chi connectivity index (χ0v) is 12.6. The number of nitrogens with zero attached hydrogens (tertiary/aromatic N) is 1. The lowest BCUT2D eigenvalue weighted by atomic mass is 10.0. The molecule has 4 nitrogen and oxygen atoms in total. The summed E-state index contributed by atoms with van der Waals surface area (Å²) in [6.45, 7) is 0. The molecule has 4 rings (SSSR count). The molecule has 110 valence electrons. The van der Waals surface area contributed by atoms with E-state index in [9.17, 15) is 4.79 Å². The summed E-state index contributed by atoms with van der Waals surface area (Å²) in [5.41, 5.74) is 4.35. The molecule has 23 heavy (non-hydrogen) atoms. The van der Waals surface area contributed by atoms with Crippen molar-refractivity contribution in [1.29, 1.82) is 5.26 Å². The summed E-state index contributed by atoms with van der Waals surface area (Å²) in [7, 11) is 0. The third-order valence-corrected chi connectivity index (χ3v) is 4.09. The van der Waals surface area contributed by atoms with Gasteiger partial charge < -0.3 is 9.97 Å². The number of fused-ring (bicyclic) bond motifs is 3. The fraction of sp³-hybridized carbons (Fsp3) is 0. The van der Waals surface area contributed by atoms with Gasteiger partial charge in [-0.25, -0.2) is 0 Å². The predicted octanol–water partition coefficient (Wildman–Crippen LogP) is 4.20. The Morgan fingerprint density at radius 1 is 1.00 bits per heavy atom. The van der Waals surface area contributed by atoms with Gasteiger partial charge in [-0.15, -0.1) is 0 Å². The number of rotatable bonds is 1. The Balaban J connectivity index is 2.13. The molecule has 2 heterocycles. The van der Waals surface area contributed by atoms with Crippen LogP contribution in [0, 0.1) is 11.3 Å². The summed E-state index contributed by atoms with van der Waals surface area (Å²) in [6, 6.07) is 16.4. The van der Waals surface area contributed by atoms with Crippen LogP contribution in [0.15, 0.2) is 53.3 Å². The first-order chi connectivity index (χ1) is 11.2. The van der Waals surface area contributed by atoms with Gasteiger partial charge in [0.1, 0.15) is 0 Å². The minimum absolute atomic E-state index is 0.198. The minimum Gasteiger partial charge on any atom is -0.353 e. The highest BCUT2D eigenvalue weighted by Gasteiger charge is 2.12. The molecule has 5 heteroatoms. The summed E-state index contributed by atoms with van der Waals surface area (Å²) in [6.07, 6.45) is 0. The Bertz CT molecular complexity index is 1160. The molecule has 0 saturated carbocycles. The molecule has 0 spiro atoms. The van der Waals surface area contributed by atoms with E-state index in [0.29, 0.717) is 16.1 Å². The van der Waals surface area contributed by atoms with Crippen LogP contribution in [0.3, 0.4) is 0 Å². The van der Waals surface area contributed by atoms with Crippen LogP contribution in [0.5, 0.6) is 0 Å². The molecule has 0 fully saturated rings. The van der Waals surface area contributed by atoms with Gasteiger partial charge in [-0.05, 0) is 35.9 Å². The van der Waals surface area contributed by atoms with E-state index in [4.69, 9.17) is 16.9 Å². The Labute approximate surface area is 136 Å². The van der Waals surface area contributed by atoms with Crippen molar-refractivity contribution in [3.05, 3.63) is 69.5 Å². The number of benzene rings is 2. The van der Waals surface area contributed by atoms with Gasteiger partial charge in [-0.3, -0.25) is 4.79 Å². The maximum Gasteiger partial charge on any atom is 0.249 e. The molecule has 0 radical (unpaired) electrons. The fourth-order valence-corrected chi connectivity index (χ4v) is 3.01. The van der Waals surface area contributed by atoms with Crippen molar-refractivity contribution in [2.45, 2.75) is 0 Å². The van der Waals surface area contributed by atoms with Crippen LogP contribution >= 0.6 is 11.6 Å². The minimum atomic E-state index is -0.198. The average Bonchev–Trinajstić information content (AvgIpc) is 2.92. The Hall–Kier alpha value is -3.03. The lowest BCUT2D eigenvalue weighted by Crippen LogP contribution is -2.04. The van der Waals surface area contributed by atoms with Crippen molar-refractivity contribution < 1.29 is 0 Å². The summed E-state index contributed by atoms with van der Waals surface area (Å²) < 4.78 is 0. The number of nitrogens with one attached hydrogen (secondary N) is 2. The summed E-state index contributed by atoms with van der Waals surface area (Å²) in [4.78, 5) is 18.3. The molecule has 2 aromatic heterocycles. The van der Waals surface area contributed by atoms with Crippen LogP contribution in [0.1, 0.15) is 5.56 Å². The van der Waals surface area contributed by atoms with Crippen LogP contribution in [0.2, 0.25) is 5.02 Å². The summed E-state index contributed by atoms with van der Waals surface area (Å²) in [5.74, 6) is 0. The average molecular weight is 320 g/mol. The molecule has 0 aliphatic heterocycles. The Morgan fingerprint density at radius 2 is 1.87 bits per heavy atom. The van der Waals surface area contributed by atoms with E-state index < -0.39 is 0 Å². The topological polar surface area (TPSA) is 72.4 Å². The SMILES string of the molecule is N#Cc1cccc(-c2cc(=O)[nH]c3c2[nH]c2ccc(Cl)cc23)c1. The van der Waals surface area contributed by atoms with E-state index in [1.807, 2.05) is 18.2 Å². The molecule has 0 saturated heterocycles. The van der Waals surface area contributed by atoms with E-state index in [0.717, 1.165) is 27.5 Å².